The summed E-state index contributed by atoms with van der Waals surface area (Å²) in [4.78, 5) is 7.17. The topological polar surface area (TPSA) is 54.5 Å². The zero-order valence-corrected chi connectivity index (χ0v) is 8.28. The maximum atomic E-state index is 12.3. The first-order valence-corrected chi connectivity index (χ1v) is 4.44. The van der Waals surface area contributed by atoms with E-state index in [1.165, 1.54) is 6.20 Å². The molecule has 0 spiro atoms. The third-order valence-corrected chi connectivity index (χ3v) is 1.93. The van der Waals surface area contributed by atoms with Gasteiger partial charge in [-0.3, -0.25) is 10.1 Å². The van der Waals surface area contributed by atoms with Crippen molar-refractivity contribution < 1.29 is 13.2 Å². The maximum Gasteiger partial charge on any atom is 0.451 e. The Morgan fingerprint density at radius 1 is 1.35 bits per heavy atom. The van der Waals surface area contributed by atoms with Crippen LogP contribution in [0.1, 0.15) is 11.4 Å². The SMILES string of the molecule is C#Cc1cccnc1-c1n[nH]c(C(F)(F)F)n1. The maximum absolute atomic E-state index is 12.3. The van der Waals surface area contributed by atoms with E-state index in [1.807, 2.05) is 0 Å². The fraction of sp³-hybridized carbons (Fsp3) is 0.100. The largest absolute Gasteiger partial charge is 0.451 e. The smallest absolute Gasteiger partial charge is 0.255 e. The average Bonchev–Trinajstić information content (AvgIpc) is 2.77. The second kappa shape index (κ2) is 3.90. The van der Waals surface area contributed by atoms with Crippen LogP contribution >= 0.6 is 0 Å². The zero-order valence-electron chi connectivity index (χ0n) is 8.28. The van der Waals surface area contributed by atoms with E-state index in [0.717, 1.165) is 0 Å². The molecular formula is C10H5F3N4. The van der Waals surface area contributed by atoms with E-state index in [4.69, 9.17) is 6.42 Å². The quantitative estimate of drug-likeness (QED) is 0.771. The molecule has 0 radical (unpaired) electrons. The molecule has 0 aromatic carbocycles. The number of aromatic amines is 1. The van der Waals surface area contributed by atoms with Gasteiger partial charge in [-0.15, -0.1) is 6.42 Å². The Balaban J connectivity index is 2.49. The summed E-state index contributed by atoms with van der Waals surface area (Å²) < 4.78 is 36.9. The number of nitrogens with zero attached hydrogens (tertiary/aromatic N) is 3. The van der Waals surface area contributed by atoms with Crippen LogP contribution in [0.4, 0.5) is 13.2 Å². The summed E-state index contributed by atoms with van der Waals surface area (Å²) in [6, 6.07) is 3.13. The van der Waals surface area contributed by atoms with Gasteiger partial charge in [0.1, 0.15) is 5.69 Å². The highest BCUT2D eigenvalue weighted by atomic mass is 19.4. The van der Waals surface area contributed by atoms with Crippen LogP contribution in [0.25, 0.3) is 11.5 Å². The predicted molar refractivity (Wildman–Crippen MR) is 52.6 cm³/mol. The zero-order chi connectivity index (χ0) is 12.5. The molecule has 0 amide bonds. The van der Waals surface area contributed by atoms with Crippen molar-refractivity contribution in [1.29, 1.82) is 0 Å². The Bertz CT molecular complexity index is 580. The van der Waals surface area contributed by atoms with E-state index in [9.17, 15) is 13.2 Å². The first-order valence-electron chi connectivity index (χ1n) is 4.44. The van der Waals surface area contributed by atoms with Crippen molar-refractivity contribution in [3.8, 4) is 23.9 Å². The van der Waals surface area contributed by atoms with Crippen LogP contribution in [-0.2, 0) is 6.18 Å². The number of pyridine rings is 1. The third-order valence-electron chi connectivity index (χ3n) is 1.93. The molecule has 1 N–H and O–H groups in total. The van der Waals surface area contributed by atoms with E-state index in [1.54, 1.807) is 17.2 Å². The average molecular weight is 238 g/mol. The lowest BCUT2D eigenvalue weighted by Gasteiger charge is -1.99. The number of hydrogen-bond donors (Lipinski definition) is 1. The highest BCUT2D eigenvalue weighted by Gasteiger charge is 2.35. The van der Waals surface area contributed by atoms with E-state index >= 15 is 0 Å². The molecule has 0 aliphatic carbocycles. The number of terminal acetylenes is 1. The number of rotatable bonds is 1. The van der Waals surface area contributed by atoms with E-state index < -0.39 is 12.0 Å². The van der Waals surface area contributed by atoms with Crippen molar-refractivity contribution >= 4 is 0 Å². The molecule has 0 saturated carbocycles. The highest BCUT2D eigenvalue weighted by molar-refractivity contribution is 5.59. The fourth-order valence-electron chi connectivity index (χ4n) is 1.19. The van der Waals surface area contributed by atoms with Crippen LogP contribution in [0.5, 0.6) is 0 Å². The van der Waals surface area contributed by atoms with E-state index in [2.05, 4.69) is 21.0 Å². The molecule has 0 bridgehead atoms. The Morgan fingerprint density at radius 2 is 2.12 bits per heavy atom. The lowest BCUT2D eigenvalue weighted by molar-refractivity contribution is -0.144. The van der Waals surface area contributed by atoms with Crippen LogP contribution in [0.3, 0.4) is 0 Å². The molecule has 4 nitrogen and oxygen atoms in total. The summed E-state index contributed by atoms with van der Waals surface area (Å²) in [5, 5.41) is 5.25. The standard InChI is InChI=1S/C10H5F3N4/c1-2-6-4-3-5-14-7(6)8-15-9(17-16-8)10(11,12)13/h1,3-5H,(H,15,16,17). The van der Waals surface area contributed by atoms with Crippen molar-refractivity contribution in [3.63, 3.8) is 0 Å². The van der Waals surface area contributed by atoms with Crippen LogP contribution in [0.15, 0.2) is 18.3 Å². The molecule has 0 unspecified atom stereocenters. The molecule has 7 heteroatoms. The molecule has 17 heavy (non-hydrogen) atoms. The summed E-state index contributed by atoms with van der Waals surface area (Å²) in [6.45, 7) is 0. The number of alkyl halides is 3. The summed E-state index contributed by atoms with van der Waals surface area (Å²) in [5.74, 6) is 0.950. The van der Waals surface area contributed by atoms with Gasteiger partial charge in [-0.25, -0.2) is 4.98 Å². The van der Waals surface area contributed by atoms with E-state index in [-0.39, 0.29) is 11.5 Å². The molecule has 2 aromatic heterocycles. The van der Waals surface area contributed by atoms with Crippen molar-refractivity contribution in [2.45, 2.75) is 6.18 Å². The van der Waals surface area contributed by atoms with Gasteiger partial charge >= 0.3 is 6.18 Å². The van der Waals surface area contributed by atoms with Gasteiger partial charge in [-0.1, -0.05) is 5.92 Å². The number of H-pyrrole nitrogens is 1. The number of halogens is 3. The molecular weight excluding hydrogens is 233 g/mol. The predicted octanol–water partition coefficient (Wildman–Crippen LogP) is 1.87. The van der Waals surface area contributed by atoms with Gasteiger partial charge in [0.15, 0.2) is 0 Å². The Morgan fingerprint density at radius 3 is 2.71 bits per heavy atom. The van der Waals surface area contributed by atoms with Gasteiger partial charge in [0.25, 0.3) is 0 Å². The number of hydrogen-bond acceptors (Lipinski definition) is 3. The molecule has 0 aliphatic heterocycles. The molecule has 0 fully saturated rings. The van der Waals surface area contributed by atoms with Gasteiger partial charge in [0.05, 0.1) is 5.56 Å². The van der Waals surface area contributed by atoms with E-state index in [0.29, 0.717) is 5.56 Å². The molecule has 0 atom stereocenters. The molecule has 2 rings (SSSR count). The lowest BCUT2D eigenvalue weighted by Crippen LogP contribution is -2.07. The fourth-order valence-corrected chi connectivity index (χ4v) is 1.19. The molecule has 2 aromatic rings. The molecule has 0 saturated heterocycles. The Hall–Kier alpha value is -2.36. The van der Waals surface area contributed by atoms with Crippen LogP contribution in [0, 0.1) is 12.3 Å². The van der Waals surface area contributed by atoms with Crippen molar-refractivity contribution in [2.75, 3.05) is 0 Å². The van der Waals surface area contributed by atoms with Gasteiger partial charge < -0.3 is 0 Å². The lowest BCUT2D eigenvalue weighted by atomic mass is 10.2. The molecule has 86 valence electrons. The van der Waals surface area contributed by atoms with Gasteiger partial charge in [0, 0.05) is 6.20 Å². The first-order chi connectivity index (χ1) is 8.02. The minimum absolute atomic E-state index is 0.141. The molecule has 0 aliphatic rings. The third kappa shape index (κ3) is 2.10. The number of nitrogens with one attached hydrogen (secondary N) is 1. The van der Waals surface area contributed by atoms with Crippen molar-refractivity contribution in [3.05, 3.63) is 29.7 Å². The number of aromatic nitrogens is 4. The minimum atomic E-state index is -4.57. The summed E-state index contributed by atoms with van der Waals surface area (Å²) in [5.41, 5.74) is 0.474. The van der Waals surface area contributed by atoms with Gasteiger partial charge in [-0.2, -0.15) is 18.3 Å². The second-order valence-electron chi connectivity index (χ2n) is 3.05. The Labute approximate surface area is 93.9 Å². The summed E-state index contributed by atoms with van der Waals surface area (Å²) in [7, 11) is 0. The minimum Gasteiger partial charge on any atom is -0.255 e. The normalized spacial score (nSPS) is 11.2. The summed E-state index contributed by atoms with van der Waals surface area (Å²) >= 11 is 0. The summed E-state index contributed by atoms with van der Waals surface area (Å²) in [6.07, 6.45) is 2.03. The van der Waals surface area contributed by atoms with Gasteiger partial charge in [0.2, 0.25) is 11.6 Å². The van der Waals surface area contributed by atoms with Crippen molar-refractivity contribution in [2.24, 2.45) is 0 Å². The highest BCUT2D eigenvalue weighted by Crippen LogP contribution is 2.27. The monoisotopic (exact) mass is 238 g/mol. The first kappa shape index (κ1) is 11.1. The van der Waals surface area contributed by atoms with Crippen LogP contribution in [0.2, 0.25) is 0 Å². The van der Waals surface area contributed by atoms with Crippen LogP contribution in [-0.4, -0.2) is 20.2 Å². The van der Waals surface area contributed by atoms with Crippen molar-refractivity contribution in [1.82, 2.24) is 20.2 Å². The van der Waals surface area contributed by atoms with Gasteiger partial charge in [-0.05, 0) is 12.1 Å². The van der Waals surface area contributed by atoms with Crippen LogP contribution < -0.4 is 0 Å². The molecule has 2 heterocycles. The second-order valence-corrected chi connectivity index (χ2v) is 3.05. The Kier molecular flexibility index (Phi) is 2.55.